The summed E-state index contributed by atoms with van der Waals surface area (Å²) in [5, 5.41) is 0. The normalized spacial score (nSPS) is 18.3. The number of carbonyl (C=O) groups is 1. The van der Waals surface area contributed by atoms with Crippen LogP contribution in [0.4, 0.5) is 11.4 Å². The lowest BCUT2D eigenvalue weighted by molar-refractivity contribution is -0.111. The van der Waals surface area contributed by atoms with E-state index in [1.165, 1.54) is 0 Å². The Morgan fingerprint density at radius 1 is 0.682 bits per heavy atom. The molecule has 0 aromatic heterocycles. The first-order valence-electron chi connectivity index (χ1n) is 7.29. The topological polar surface area (TPSA) is 69.1 Å². The molecule has 0 heterocycles. The highest BCUT2D eigenvalue weighted by atomic mass is 16.1. The van der Waals surface area contributed by atoms with E-state index in [0.717, 1.165) is 46.5 Å². The van der Waals surface area contributed by atoms with Crippen molar-refractivity contribution in [2.24, 2.45) is 0 Å². The van der Waals surface area contributed by atoms with Gasteiger partial charge in [0.05, 0.1) is 0 Å². The van der Waals surface area contributed by atoms with E-state index >= 15 is 0 Å². The number of rotatable bonds is 2. The number of hydrogen-bond acceptors (Lipinski definition) is 3. The SMILES string of the molecule is Nc1ccc(/C=C2/CC/C(=C/c3ccc(N)cc3)C2=O)cc1. The Balaban J connectivity index is 1.82. The average molecular weight is 290 g/mol. The van der Waals surface area contributed by atoms with Gasteiger partial charge in [0.2, 0.25) is 0 Å². The highest BCUT2D eigenvalue weighted by molar-refractivity contribution is 6.15. The summed E-state index contributed by atoms with van der Waals surface area (Å²) in [6.07, 6.45) is 5.46. The lowest BCUT2D eigenvalue weighted by Gasteiger charge is -1.99. The highest BCUT2D eigenvalue weighted by Crippen LogP contribution is 2.29. The number of ketones is 1. The Morgan fingerprint density at radius 3 is 1.41 bits per heavy atom. The van der Waals surface area contributed by atoms with Crippen molar-refractivity contribution in [1.29, 1.82) is 0 Å². The molecule has 110 valence electrons. The summed E-state index contributed by atoms with van der Waals surface area (Å²) in [4.78, 5) is 12.5. The van der Waals surface area contributed by atoms with Gasteiger partial charge in [-0.25, -0.2) is 0 Å². The predicted molar refractivity (Wildman–Crippen MR) is 91.9 cm³/mol. The van der Waals surface area contributed by atoms with Crippen LogP contribution in [0.1, 0.15) is 24.0 Å². The third-order valence-electron chi connectivity index (χ3n) is 3.80. The third kappa shape index (κ3) is 3.09. The van der Waals surface area contributed by atoms with E-state index in [1.807, 2.05) is 60.7 Å². The van der Waals surface area contributed by atoms with Gasteiger partial charge >= 0.3 is 0 Å². The van der Waals surface area contributed by atoms with Gasteiger partial charge in [0.25, 0.3) is 0 Å². The number of benzene rings is 2. The van der Waals surface area contributed by atoms with Gasteiger partial charge in [-0.1, -0.05) is 24.3 Å². The van der Waals surface area contributed by atoms with Crippen LogP contribution in [-0.2, 0) is 4.79 Å². The summed E-state index contributed by atoms with van der Waals surface area (Å²) in [5.74, 6) is 0.133. The molecule has 1 aliphatic rings. The number of carbonyl (C=O) groups excluding carboxylic acids is 1. The second kappa shape index (κ2) is 5.90. The molecule has 3 nitrogen and oxygen atoms in total. The molecule has 0 bridgehead atoms. The molecule has 0 aliphatic heterocycles. The van der Waals surface area contributed by atoms with Crippen LogP contribution in [0.3, 0.4) is 0 Å². The fourth-order valence-corrected chi connectivity index (χ4v) is 2.56. The van der Waals surface area contributed by atoms with Crippen LogP contribution in [0, 0.1) is 0 Å². The third-order valence-corrected chi connectivity index (χ3v) is 3.80. The summed E-state index contributed by atoms with van der Waals surface area (Å²) >= 11 is 0. The minimum Gasteiger partial charge on any atom is -0.399 e. The van der Waals surface area contributed by atoms with Gasteiger partial charge in [-0.05, 0) is 60.4 Å². The molecule has 2 aromatic rings. The summed E-state index contributed by atoms with van der Waals surface area (Å²) in [6, 6.07) is 15.1. The molecular formula is C19H18N2O. The van der Waals surface area contributed by atoms with Gasteiger partial charge in [-0.3, -0.25) is 4.79 Å². The van der Waals surface area contributed by atoms with E-state index in [-0.39, 0.29) is 5.78 Å². The zero-order valence-electron chi connectivity index (χ0n) is 12.3. The van der Waals surface area contributed by atoms with Crippen LogP contribution in [0.2, 0.25) is 0 Å². The quantitative estimate of drug-likeness (QED) is 0.654. The number of allylic oxidation sites excluding steroid dienone is 2. The molecule has 0 saturated heterocycles. The Bertz CT molecular complexity index is 688. The van der Waals surface area contributed by atoms with Crippen LogP contribution in [0.25, 0.3) is 12.2 Å². The van der Waals surface area contributed by atoms with Crippen molar-refractivity contribution < 1.29 is 4.79 Å². The van der Waals surface area contributed by atoms with Crippen molar-refractivity contribution in [3.63, 3.8) is 0 Å². The van der Waals surface area contributed by atoms with Gasteiger partial charge in [0.15, 0.2) is 5.78 Å². The molecule has 3 heteroatoms. The highest BCUT2D eigenvalue weighted by Gasteiger charge is 2.22. The van der Waals surface area contributed by atoms with Gasteiger partial charge in [0, 0.05) is 22.5 Å². The molecule has 1 fully saturated rings. The average Bonchev–Trinajstić information content (AvgIpc) is 2.85. The van der Waals surface area contributed by atoms with E-state index in [9.17, 15) is 4.79 Å². The Labute approximate surface area is 129 Å². The first-order chi connectivity index (χ1) is 10.6. The second-order valence-electron chi connectivity index (χ2n) is 5.50. The zero-order valence-corrected chi connectivity index (χ0v) is 12.3. The van der Waals surface area contributed by atoms with Crippen LogP contribution in [-0.4, -0.2) is 5.78 Å². The number of Topliss-reactive ketones (excluding diaryl/α,β-unsaturated/α-hetero) is 1. The lowest BCUT2D eigenvalue weighted by atomic mass is 10.1. The standard InChI is InChI=1S/C19H18N2O/c20-17-7-1-13(2-8-17)11-15-5-6-16(19(15)22)12-14-3-9-18(21)10-4-14/h1-4,7-12H,5-6,20-21H2/b15-11-,16-12-. The van der Waals surface area contributed by atoms with Crippen molar-refractivity contribution in [2.75, 3.05) is 11.5 Å². The van der Waals surface area contributed by atoms with Gasteiger partial charge < -0.3 is 11.5 Å². The zero-order chi connectivity index (χ0) is 15.5. The maximum absolute atomic E-state index is 12.5. The number of anilines is 2. The van der Waals surface area contributed by atoms with Crippen LogP contribution in [0.15, 0.2) is 59.7 Å². The maximum Gasteiger partial charge on any atom is 0.185 e. The van der Waals surface area contributed by atoms with Crippen molar-refractivity contribution in [3.05, 3.63) is 70.8 Å². The first kappa shape index (κ1) is 14.1. The molecule has 4 N–H and O–H groups in total. The first-order valence-corrected chi connectivity index (χ1v) is 7.29. The molecule has 2 aromatic carbocycles. The second-order valence-corrected chi connectivity index (χ2v) is 5.50. The van der Waals surface area contributed by atoms with E-state index < -0.39 is 0 Å². The molecule has 1 aliphatic carbocycles. The van der Waals surface area contributed by atoms with Gasteiger partial charge in [-0.2, -0.15) is 0 Å². The van der Waals surface area contributed by atoms with E-state index in [0.29, 0.717) is 0 Å². The Morgan fingerprint density at radius 2 is 1.05 bits per heavy atom. The van der Waals surface area contributed by atoms with E-state index in [4.69, 9.17) is 11.5 Å². The maximum atomic E-state index is 12.5. The minimum atomic E-state index is 0.133. The number of nitrogens with two attached hydrogens (primary N) is 2. The van der Waals surface area contributed by atoms with Crippen molar-refractivity contribution in [3.8, 4) is 0 Å². The van der Waals surface area contributed by atoms with Crippen molar-refractivity contribution in [2.45, 2.75) is 12.8 Å². The van der Waals surface area contributed by atoms with E-state index in [1.54, 1.807) is 0 Å². The molecule has 3 rings (SSSR count). The molecular weight excluding hydrogens is 272 g/mol. The predicted octanol–water partition coefficient (Wildman–Crippen LogP) is 3.68. The summed E-state index contributed by atoms with van der Waals surface area (Å²) in [7, 11) is 0. The Hall–Kier alpha value is -2.81. The lowest BCUT2D eigenvalue weighted by Crippen LogP contribution is -1.95. The van der Waals surface area contributed by atoms with Crippen molar-refractivity contribution in [1.82, 2.24) is 0 Å². The minimum absolute atomic E-state index is 0.133. The van der Waals surface area contributed by atoms with Crippen LogP contribution in [0.5, 0.6) is 0 Å². The fourth-order valence-electron chi connectivity index (χ4n) is 2.56. The Kier molecular flexibility index (Phi) is 3.79. The summed E-state index contributed by atoms with van der Waals surface area (Å²) in [5.41, 5.74) is 16.5. The molecule has 0 amide bonds. The molecule has 1 saturated carbocycles. The van der Waals surface area contributed by atoms with Crippen LogP contribution >= 0.6 is 0 Å². The monoisotopic (exact) mass is 290 g/mol. The largest absolute Gasteiger partial charge is 0.399 e. The number of nitrogen functional groups attached to an aromatic ring is 2. The number of hydrogen-bond donors (Lipinski definition) is 2. The summed E-state index contributed by atoms with van der Waals surface area (Å²) < 4.78 is 0. The molecule has 0 atom stereocenters. The van der Waals surface area contributed by atoms with Gasteiger partial charge in [-0.15, -0.1) is 0 Å². The fraction of sp³-hybridized carbons (Fsp3) is 0.105. The molecule has 0 radical (unpaired) electrons. The van der Waals surface area contributed by atoms with Crippen molar-refractivity contribution >= 4 is 29.3 Å². The van der Waals surface area contributed by atoms with E-state index in [2.05, 4.69) is 0 Å². The molecule has 22 heavy (non-hydrogen) atoms. The smallest absolute Gasteiger partial charge is 0.185 e. The summed E-state index contributed by atoms with van der Waals surface area (Å²) in [6.45, 7) is 0. The molecule has 0 spiro atoms. The van der Waals surface area contributed by atoms with Crippen LogP contribution < -0.4 is 11.5 Å². The van der Waals surface area contributed by atoms with Gasteiger partial charge in [0.1, 0.15) is 0 Å². The molecule has 0 unspecified atom stereocenters.